The lowest BCUT2D eigenvalue weighted by Crippen LogP contribution is -2.22. The molecule has 0 radical (unpaired) electrons. The predicted octanol–water partition coefficient (Wildman–Crippen LogP) is 2.30. The van der Waals surface area contributed by atoms with Gasteiger partial charge in [-0.3, -0.25) is 0 Å². The number of ether oxygens (including phenoxy) is 1. The molecule has 2 rings (SSSR count). The van der Waals surface area contributed by atoms with Crippen molar-refractivity contribution in [3.63, 3.8) is 0 Å². The van der Waals surface area contributed by atoms with Crippen LogP contribution in [0, 0.1) is 6.92 Å². The second-order valence-electron chi connectivity index (χ2n) is 5.05. The number of hydrogen-bond donors (Lipinski definition) is 2. The SMILES string of the molecule is CCc1c(C)nc(N)nc1NCC[C@@H]1CCCCO1. The van der Waals surface area contributed by atoms with Crippen molar-refractivity contribution in [1.29, 1.82) is 0 Å². The maximum atomic E-state index is 5.72. The maximum Gasteiger partial charge on any atom is 0.222 e. The highest BCUT2D eigenvalue weighted by molar-refractivity contribution is 5.49. The molecule has 106 valence electrons. The van der Waals surface area contributed by atoms with Gasteiger partial charge in [0.05, 0.1) is 6.10 Å². The average Bonchev–Trinajstić information content (AvgIpc) is 2.39. The molecular weight excluding hydrogens is 240 g/mol. The summed E-state index contributed by atoms with van der Waals surface area (Å²) in [7, 11) is 0. The minimum atomic E-state index is 0.339. The van der Waals surface area contributed by atoms with Crippen molar-refractivity contribution >= 4 is 11.8 Å². The minimum Gasteiger partial charge on any atom is -0.378 e. The quantitative estimate of drug-likeness (QED) is 0.853. The average molecular weight is 264 g/mol. The summed E-state index contributed by atoms with van der Waals surface area (Å²) in [5.41, 5.74) is 7.83. The number of nitrogens with zero attached hydrogens (tertiary/aromatic N) is 2. The van der Waals surface area contributed by atoms with Crippen LogP contribution in [0.4, 0.5) is 11.8 Å². The van der Waals surface area contributed by atoms with Crippen LogP contribution in [0.15, 0.2) is 0 Å². The fraction of sp³-hybridized carbons (Fsp3) is 0.714. The standard InChI is InChI=1S/C14H24N4O/c1-3-12-10(2)17-14(15)18-13(12)16-8-7-11-6-4-5-9-19-11/h11H,3-9H2,1-2H3,(H3,15,16,17,18)/t11-/m0/s1. The highest BCUT2D eigenvalue weighted by atomic mass is 16.5. The number of nitrogen functional groups attached to an aromatic ring is 1. The van der Waals surface area contributed by atoms with Crippen LogP contribution >= 0.6 is 0 Å². The zero-order chi connectivity index (χ0) is 13.7. The molecule has 1 aromatic heterocycles. The normalized spacial score (nSPS) is 19.4. The topological polar surface area (TPSA) is 73.1 Å². The molecule has 3 N–H and O–H groups in total. The Labute approximate surface area is 115 Å². The maximum absolute atomic E-state index is 5.72. The Kier molecular flexibility index (Phi) is 4.96. The van der Waals surface area contributed by atoms with Crippen molar-refractivity contribution in [2.75, 3.05) is 24.2 Å². The first-order valence-corrected chi connectivity index (χ1v) is 7.19. The van der Waals surface area contributed by atoms with Crippen molar-refractivity contribution in [3.05, 3.63) is 11.3 Å². The van der Waals surface area contributed by atoms with E-state index in [0.29, 0.717) is 12.1 Å². The molecule has 1 aliphatic rings. The van der Waals surface area contributed by atoms with Crippen LogP contribution in [0.3, 0.4) is 0 Å². The second-order valence-corrected chi connectivity index (χ2v) is 5.05. The molecule has 19 heavy (non-hydrogen) atoms. The molecule has 1 atom stereocenters. The van der Waals surface area contributed by atoms with Gasteiger partial charge in [0, 0.05) is 24.4 Å². The minimum absolute atomic E-state index is 0.339. The number of nitrogens with one attached hydrogen (secondary N) is 1. The Morgan fingerprint density at radius 3 is 2.89 bits per heavy atom. The summed E-state index contributed by atoms with van der Waals surface area (Å²) in [6.07, 6.45) is 5.98. The Morgan fingerprint density at radius 1 is 1.37 bits per heavy atom. The molecule has 1 fully saturated rings. The van der Waals surface area contributed by atoms with Crippen LogP contribution in [0.25, 0.3) is 0 Å². The Hall–Kier alpha value is -1.36. The van der Waals surface area contributed by atoms with Crippen molar-refractivity contribution in [2.24, 2.45) is 0 Å². The second kappa shape index (κ2) is 6.70. The summed E-state index contributed by atoms with van der Waals surface area (Å²) in [6.45, 7) is 5.86. The van der Waals surface area contributed by atoms with E-state index in [9.17, 15) is 0 Å². The van der Waals surface area contributed by atoms with Crippen LogP contribution < -0.4 is 11.1 Å². The lowest BCUT2D eigenvalue weighted by molar-refractivity contribution is 0.0134. The highest BCUT2D eigenvalue weighted by Crippen LogP contribution is 2.19. The number of nitrogens with two attached hydrogens (primary N) is 1. The third-order valence-corrected chi connectivity index (χ3v) is 3.62. The molecule has 0 aromatic carbocycles. The van der Waals surface area contributed by atoms with Gasteiger partial charge in [-0.25, -0.2) is 4.98 Å². The monoisotopic (exact) mass is 264 g/mol. The third kappa shape index (κ3) is 3.80. The van der Waals surface area contributed by atoms with Crippen LogP contribution in [-0.4, -0.2) is 29.2 Å². The zero-order valence-corrected chi connectivity index (χ0v) is 11.9. The van der Waals surface area contributed by atoms with Gasteiger partial charge in [0.1, 0.15) is 5.82 Å². The summed E-state index contributed by atoms with van der Waals surface area (Å²) in [6, 6.07) is 0. The van der Waals surface area contributed by atoms with E-state index in [-0.39, 0.29) is 0 Å². The Bertz CT molecular complexity index is 416. The molecule has 0 saturated carbocycles. The molecule has 1 saturated heterocycles. The number of anilines is 2. The van der Waals surface area contributed by atoms with E-state index in [4.69, 9.17) is 10.5 Å². The fourth-order valence-corrected chi connectivity index (χ4v) is 2.57. The molecule has 0 amide bonds. The van der Waals surface area contributed by atoms with E-state index in [1.807, 2.05) is 6.92 Å². The molecule has 5 nitrogen and oxygen atoms in total. The summed E-state index contributed by atoms with van der Waals surface area (Å²) in [4.78, 5) is 8.51. The van der Waals surface area contributed by atoms with Gasteiger partial charge < -0.3 is 15.8 Å². The van der Waals surface area contributed by atoms with Crippen LogP contribution in [-0.2, 0) is 11.2 Å². The van der Waals surface area contributed by atoms with E-state index >= 15 is 0 Å². The van der Waals surface area contributed by atoms with E-state index < -0.39 is 0 Å². The fourth-order valence-electron chi connectivity index (χ4n) is 2.57. The van der Waals surface area contributed by atoms with Gasteiger partial charge in [0.25, 0.3) is 0 Å². The van der Waals surface area contributed by atoms with Gasteiger partial charge in [-0.1, -0.05) is 6.92 Å². The van der Waals surface area contributed by atoms with Gasteiger partial charge in [0.2, 0.25) is 5.95 Å². The molecule has 1 aromatic rings. The summed E-state index contributed by atoms with van der Waals surface area (Å²) in [5.74, 6) is 1.22. The van der Waals surface area contributed by atoms with E-state index in [0.717, 1.165) is 43.1 Å². The Morgan fingerprint density at radius 2 is 2.21 bits per heavy atom. The molecular formula is C14H24N4O. The lowest BCUT2D eigenvalue weighted by atomic mass is 10.1. The van der Waals surface area contributed by atoms with Gasteiger partial charge in [0.15, 0.2) is 0 Å². The summed E-state index contributed by atoms with van der Waals surface area (Å²) in [5, 5.41) is 3.38. The van der Waals surface area contributed by atoms with Gasteiger partial charge >= 0.3 is 0 Å². The van der Waals surface area contributed by atoms with Gasteiger partial charge in [-0.05, 0) is 39.0 Å². The highest BCUT2D eigenvalue weighted by Gasteiger charge is 2.14. The third-order valence-electron chi connectivity index (χ3n) is 3.62. The number of hydrogen-bond acceptors (Lipinski definition) is 5. The van der Waals surface area contributed by atoms with Crippen molar-refractivity contribution in [2.45, 2.75) is 52.1 Å². The molecule has 0 spiro atoms. The van der Waals surface area contributed by atoms with Gasteiger partial charge in [-0.2, -0.15) is 4.98 Å². The first kappa shape index (κ1) is 14.1. The first-order valence-electron chi connectivity index (χ1n) is 7.19. The van der Waals surface area contributed by atoms with Crippen LogP contribution in [0.5, 0.6) is 0 Å². The molecule has 0 bridgehead atoms. The molecule has 1 aliphatic heterocycles. The van der Waals surface area contributed by atoms with E-state index in [1.54, 1.807) is 0 Å². The largest absolute Gasteiger partial charge is 0.378 e. The van der Waals surface area contributed by atoms with Crippen molar-refractivity contribution < 1.29 is 4.74 Å². The van der Waals surface area contributed by atoms with Gasteiger partial charge in [-0.15, -0.1) is 0 Å². The zero-order valence-electron chi connectivity index (χ0n) is 11.9. The Balaban J connectivity index is 1.91. The van der Waals surface area contributed by atoms with Crippen molar-refractivity contribution in [1.82, 2.24) is 9.97 Å². The number of rotatable bonds is 5. The summed E-state index contributed by atoms with van der Waals surface area (Å²) >= 11 is 0. The smallest absolute Gasteiger partial charge is 0.222 e. The molecule has 2 heterocycles. The predicted molar refractivity (Wildman–Crippen MR) is 77.3 cm³/mol. The van der Waals surface area contributed by atoms with E-state index in [1.165, 1.54) is 19.3 Å². The molecule has 5 heteroatoms. The van der Waals surface area contributed by atoms with Crippen LogP contribution in [0.2, 0.25) is 0 Å². The van der Waals surface area contributed by atoms with E-state index in [2.05, 4.69) is 22.2 Å². The molecule has 0 unspecified atom stereocenters. The number of aryl methyl sites for hydroxylation is 1. The summed E-state index contributed by atoms with van der Waals surface area (Å²) < 4.78 is 5.72. The number of aromatic nitrogens is 2. The van der Waals surface area contributed by atoms with Crippen LogP contribution in [0.1, 0.15) is 43.9 Å². The molecule has 0 aliphatic carbocycles. The lowest BCUT2D eigenvalue weighted by Gasteiger charge is -2.23. The first-order chi connectivity index (χ1) is 9.20. The van der Waals surface area contributed by atoms with Crippen molar-refractivity contribution in [3.8, 4) is 0 Å².